The molecule has 5 heteroatoms. The van der Waals surface area contributed by atoms with E-state index in [1.807, 2.05) is 63.2 Å². The lowest BCUT2D eigenvalue weighted by Crippen LogP contribution is -2.14. The lowest BCUT2D eigenvalue weighted by molar-refractivity contribution is 0.102. The van der Waals surface area contributed by atoms with Gasteiger partial charge in [-0.15, -0.1) is 0 Å². The molecule has 0 saturated heterocycles. The Balaban J connectivity index is 1.81. The van der Waals surface area contributed by atoms with E-state index in [0.717, 1.165) is 22.4 Å². The lowest BCUT2D eigenvalue weighted by atomic mass is 10.1. The summed E-state index contributed by atoms with van der Waals surface area (Å²) in [5.74, 6) is 1.80. The van der Waals surface area contributed by atoms with Crippen LogP contribution in [-0.4, -0.2) is 19.6 Å². The summed E-state index contributed by atoms with van der Waals surface area (Å²) in [6, 6.07) is 18.8. The summed E-state index contributed by atoms with van der Waals surface area (Å²) in [5, 5.41) is 2.98. The Morgan fingerprint density at radius 1 is 0.900 bits per heavy atom. The number of hydrogen-bond donors (Lipinski definition) is 1. The van der Waals surface area contributed by atoms with Crippen molar-refractivity contribution in [2.24, 2.45) is 0 Å². The highest BCUT2D eigenvalue weighted by molar-refractivity contribution is 6.04. The van der Waals surface area contributed by atoms with E-state index in [-0.39, 0.29) is 12.5 Å². The third-order valence-electron chi connectivity index (χ3n) is 4.70. The zero-order valence-electron chi connectivity index (χ0n) is 17.8. The number of carbonyl (C=O) groups excluding carboxylic acids is 1. The summed E-state index contributed by atoms with van der Waals surface area (Å²) in [6.45, 7) is 6.70. The van der Waals surface area contributed by atoms with Crippen molar-refractivity contribution >= 4 is 11.6 Å². The van der Waals surface area contributed by atoms with Crippen molar-refractivity contribution in [3.63, 3.8) is 0 Å². The van der Waals surface area contributed by atoms with Gasteiger partial charge in [0.05, 0.1) is 13.7 Å². The monoisotopic (exact) mass is 405 g/mol. The maximum atomic E-state index is 12.8. The number of aryl methyl sites for hydroxylation is 2. The number of carbonyl (C=O) groups is 1. The number of amides is 1. The van der Waals surface area contributed by atoms with Gasteiger partial charge in [-0.05, 0) is 62.7 Å². The van der Waals surface area contributed by atoms with Crippen LogP contribution < -0.4 is 19.5 Å². The third kappa shape index (κ3) is 5.11. The van der Waals surface area contributed by atoms with E-state index in [1.165, 1.54) is 0 Å². The summed E-state index contributed by atoms with van der Waals surface area (Å²) in [5.41, 5.74) is 4.30. The number of anilines is 1. The standard InChI is InChI=1S/C25H27NO4/c1-5-29-22-13-11-19(25(27)26-21-12-10-17(2)14-18(21)3)15-20(22)16-30-24-9-7-6-8-23(24)28-4/h6-15H,5,16H2,1-4H3,(H,26,27). The molecule has 156 valence electrons. The van der Waals surface area contributed by atoms with Gasteiger partial charge >= 0.3 is 0 Å². The maximum absolute atomic E-state index is 12.8. The van der Waals surface area contributed by atoms with Crippen LogP contribution in [0.4, 0.5) is 5.69 Å². The average Bonchev–Trinajstić information content (AvgIpc) is 2.75. The largest absolute Gasteiger partial charge is 0.493 e. The van der Waals surface area contributed by atoms with Crippen LogP contribution in [0, 0.1) is 13.8 Å². The number of methoxy groups -OCH3 is 1. The van der Waals surface area contributed by atoms with E-state index in [0.29, 0.717) is 29.4 Å². The molecule has 0 aromatic heterocycles. The molecule has 1 N–H and O–H groups in total. The number of rotatable bonds is 8. The molecule has 0 atom stereocenters. The minimum Gasteiger partial charge on any atom is -0.493 e. The van der Waals surface area contributed by atoms with Gasteiger partial charge in [-0.2, -0.15) is 0 Å². The van der Waals surface area contributed by atoms with Crippen molar-refractivity contribution in [1.82, 2.24) is 0 Å². The SMILES string of the molecule is CCOc1ccc(C(=O)Nc2ccc(C)cc2C)cc1COc1ccccc1OC. The zero-order valence-corrected chi connectivity index (χ0v) is 17.8. The number of para-hydroxylation sites is 2. The van der Waals surface area contributed by atoms with Crippen molar-refractivity contribution < 1.29 is 19.0 Å². The van der Waals surface area contributed by atoms with Gasteiger partial charge < -0.3 is 19.5 Å². The Hall–Kier alpha value is -3.47. The van der Waals surface area contributed by atoms with Gasteiger partial charge in [0.2, 0.25) is 0 Å². The van der Waals surface area contributed by atoms with Crippen molar-refractivity contribution in [2.75, 3.05) is 19.0 Å². The van der Waals surface area contributed by atoms with Crippen LogP contribution in [0.5, 0.6) is 17.2 Å². The van der Waals surface area contributed by atoms with Gasteiger partial charge in [0.25, 0.3) is 5.91 Å². The normalized spacial score (nSPS) is 10.4. The fourth-order valence-corrected chi connectivity index (χ4v) is 3.17. The molecule has 0 saturated carbocycles. The molecule has 30 heavy (non-hydrogen) atoms. The predicted molar refractivity (Wildman–Crippen MR) is 119 cm³/mol. The molecule has 0 bridgehead atoms. The summed E-state index contributed by atoms with van der Waals surface area (Å²) < 4.78 is 17.0. The second-order valence-electron chi connectivity index (χ2n) is 6.97. The van der Waals surface area contributed by atoms with Gasteiger partial charge in [0.1, 0.15) is 12.4 Å². The van der Waals surface area contributed by atoms with E-state index >= 15 is 0 Å². The van der Waals surface area contributed by atoms with Crippen molar-refractivity contribution in [2.45, 2.75) is 27.4 Å². The topological polar surface area (TPSA) is 56.8 Å². The first-order valence-electron chi connectivity index (χ1n) is 9.92. The third-order valence-corrected chi connectivity index (χ3v) is 4.70. The van der Waals surface area contributed by atoms with Gasteiger partial charge in [-0.25, -0.2) is 0 Å². The maximum Gasteiger partial charge on any atom is 0.255 e. The molecule has 0 heterocycles. The summed E-state index contributed by atoms with van der Waals surface area (Å²) in [4.78, 5) is 12.8. The molecule has 0 aliphatic rings. The molecule has 3 aromatic rings. The Morgan fingerprint density at radius 2 is 1.67 bits per heavy atom. The number of hydrogen-bond acceptors (Lipinski definition) is 4. The Morgan fingerprint density at radius 3 is 2.37 bits per heavy atom. The van der Waals surface area contributed by atoms with Crippen LogP contribution in [-0.2, 0) is 6.61 Å². The second-order valence-corrected chi connectivity index (χ2v) is 6.97. The first kappa shape index (κ1) is 21.2. The summed E-state index contributed by atoms with van der Waals surface area (Å²) >= 11 is 0. The van der Waals surface area contributed by atoms with Crippen LogP contribution in [0.3, 0.4) is 0 Å². The van der Waals surface area contributed by atoms with Crippen LogP contribution in [0.2, 0.25) is 0 Å². The summed E-state index contributed by atoms with van der Waals surface area (Å²) in [6.07, 6.45) is 0. The average molecular weight is 405 g/mol. The molecule has 0 aliphatic heterocycles. The zero-order chi connectivity index (χ0) is 21.5. The van der Waals surface area contributed by atoms with Gasteiger partial charge in [0, 0.05) is 16.8 Å². The molecule has 1 amide bonds. The number of benzene rings is 3. The molecule has 3 aromatic carbocycles. The van der Waals surface area contributed by atoms with Crippen LogP contribution in [0.25, 0.3) is 0 Å². The highest BCUT2D eigenvalue weighted by Gasteiger charge is 2.13. The van der Waals surface area contributed by atoms with Gasteiger partial charge in [0.15, 0.2) is 11.5 Å². The smallest absolute Gasteiger partial charge is 0.255 e. The Labute approximate surface area is 177 Å². The molecule has 0 fully saturated rings. The minimum atomic E-state index is -0.177. The fraction of sp³-hybridized carbons (Fsp3) is 0.240. The van der Waals surface area contributed by atoms with Gasteiger partial charge in [-0.1, -0.05) is 29.8 Å². The van der Waals surface area contributed by atoms with E-state index < -0.39 is 0 Å². The van der Waals surface area contributed by atoms with Crippen LogP contribution >= 0.6 is 0 Å². The Kier molecular flexibility index (Phi) is 6.96. The first-order valence-corrected chi connectivity index (χ1v) is 9.92. The molecule has 0 radical (unpaired) electrons. The first-order chi connectivity index (χ1) is 14.5. The van der Waals surface area contributed by atoms with E-state index in [1.54, 1.807) is 25.3 Å². The predicted octanol–water partition coefficient (Wildman–Crippen LogP) is 5.54. The minimum absolute atomic E-state index is 0.177. The molecule has 0 aliphatic carbocycles. The highest BCUT2D eigenvalue weighted by Crippen LogP contribution is 2.29. The fourth-order valence-electron chi connectivity index (χ4n) is 3.17. The number of nitrogens with one attached hydrogen (secondary N) is 1. The van der Waals surface area contributed by atoms with E-state index in [9.17, 15) is 4.79 Å². The number of ether oxygens (including phenoxy) is 3. The van der Waals surface area contributed by atoms with E-state index in [2.05, 4.69) is 5.32 Å². The lowest BCUT2D eigenvalue weighted by Gasteiger charge is -2.15. The van der Waals surface area contributed by atoms with Crippen molar-refractivity contribution in [3.8, 4) is 17.2 Å². The van der Waals surface area contributed by atoms with Crippen LogP contribution in [0.1, 0.15) is 34.0 Å². The van der Waals surface area contributed by atoms with Crippen molar-refractivity contribution in [1.29, 1.82) is 0 Å². The molecule has 3 rings (SSSR count). The second kappa shape index (κ2) is 9.83. The molecule has 0 unspecified atom stereocenters. The van der Waals surface area contributed by atoms with Crippen molar-refractivity contribution in [3.05, 3.63) is 82.9 Å². The quantitative estimate of drug-likeness (QED) is 0.534. The highest BCUT2D eigenvalue weighted by atomic mass is 16.5. The van der Waals surface area contributed by atoms with Gasteiger partial charge in [-0.3, -0.25) is 4.79 Å². The molecule has 0 spiro atoms. The molecular formula is C25H27NO4. The molecular weight excluding hydrogens is 378 g/mol. The molecule has 5 nitrogen and oxygen atoms in total. The van der Waals surface area contributed by atoms with Crippen LogP contribution in [0.15, 0.2) is 60.7 Å². The summed E-state index contributed by atoms with van der Waals surface area (Å²) in [7, 11) is 1.60. The Bertz CT molecular complexity index is 1030. The van der Waals surface area contributed by atoms with E-state index in [4.69, 9.17) is 14.2 Å².